The van der Waals surface area contributed by atoms with E-state index in [-0.39, 0.29) is 0 Å². The van der Waals surface area contributed by atoms with Gasteiger partial charge in [0.1, 0.15) is 11.4 Å². The van der Waals surface area contributed by atoms with Gasteiger partial charge in [-0.15, -0.1) is 11.3 Å². The van der Waals surface area contributed by atoms with Crippen LogP contribution in [0.3, 0.4) is 0 Å². The third kappa shape index (κ3) is 7.23. The second kappa shape index (κ2) is 10.9. The summed E-state index contributed by atoms with van der Waals surface area (Å²) in [4.78, 5) is 5.49. The first-order valence-corrected chi connectivity index (χ1v) is 10.3. The minimum atomic E-state index is -0.940. The van der Waals surface area contributed by atoms with E-state index in [1.807, 2.05) is 36.6 Å². The van der Waals surface area contributed by atoms with Gasteiger partial charge in [-0.25, -0.2) is 4.99 Å². The molecule has 0 aliphatic heterocycles. The molecule has 0 spiro atoms. The van der Waals surface area contributed by atoms with Crippen LogP contribution >= 0.6 is 11.3 Å². The van der Waals surface area contributed by atoms with Crippen molar-refractivity contribution < 1.29 is 9.84 Å². The zero-order chi connectivity index (χ0) is 19.5. The average Bonchev–Trinajstić information content (AvgIpc) is 3.22. The largest absolute Gasteiger partial charge is 0.497 e. The predicted molar refractivity (Wildman–Crippen MR) is 114 cm³/mol. The molecule has 2 aromatic rings. The van der Waals surface area contributed by atoms with Gasteiger partial charge in [-0.2, -0.15) is 0 Å². The normalized spacial score (nSPS) is 13.9. The van der Waals surface area contributed by atoms with Crippen molar-refractivity contribution in [1.82, 2.24) is 10.6 Å². The zero-order valence-corrected chi connectivity index (χ0v) is 17.3. The second-order valence-corrected chi connectivity index (χ2v) is 7.63. The fourth-order valence-corrected chi connectivity index (χ4v) is 3.47. The van der Waals surface area contributed by atoms with Crippen LogP contribution in [0.1, 0.15) is 37.1 Å². The minimum Gasteiger partial charge on any atom is -0.497 e. The molecule has 3 N–H and O–H groups in total. The molecule has 1 aromatic carbocycles. The Balaban J connectivity index is 1.74. The summed E-state index contributed by atoms with van der Waals surface area (Å²) in [5.41, 5.74) is 0.383. The molecule has 1 aromatic heterocycles. The Kier molecular flexibility index (Phi) is 8.61. The lowest BCUT2D eigenvalue weighted by atomic mass is 10.1. The quantitative estimate of drug-likeness (QED) is 0.330. The van der Waals surface area contributed by atoms with E-state index in [1.165, 1.54) is 5.56 Å². The molecule has 0 fully saturated rings. The first-order valence-electron chi connectivity index (χ1n) is 9.46. The molecule has 0 amide bonds. The summed E-state index contributed by atoms with van der Waals surface area (Å²) in [6.45, 7) is 5.82. The van der Waals surface area contributed by atoms with E-state index < -0.39 is 5.60 Å². The molecule has 0 saturated carbocycles. The third-order valence-electron chi connectivity index (χ3n) is 4.29. The van der Waals surface area contributed by atoms with Gasteiger partial charge in [-0.3, -0.25) is 0 Å². The van der Waals surface area contributed by atoms with Crippen LogP contribution in [0.15, 0.2) is 46.8 Å². The summed E-state index contributed by atoms with van der Waals surface area (Å²) in [5, 5.41) is 19.2. The average molecular weight is 390 g/mol. The topological polar surface area (TPSA) is 65.9 Å². The number of nitrogens with one attached hydrogen (secondary N) is 2. The predicted octanol–water partition coefficient (Wildman–Crippen LogP) is 3.54. The number of aliphatic imine (C=N–C) groups is 1. The van der Waals surface area contributed by atoms with Crippen molar-refractivity contribution in [2.24, 2.45) is 4.99 Å². The van der Waals surface area contributed by atoms with Gasteiger partial charge in [0, 0.05) is 18.0 Å². The summed E-state index contributed by atoms with van der Waals surface area (Å²) in [5.74, 6) is 1.64. The monoisotopic (exact) mass is 389 g/mol. The van der Waals surface area contributed by atoms with E-state index in [0.29, 0.717) is 6.54 Å². The molecule has 148 valence electrons. The number of aliphatic hydroxyl groups is 1. The number of benzene rings is 1. The maximum Gasteiger partial charge on any atom is 0.191 e. The van der Waals surface area contributed by atoms with Gasteiger partial charge < -0.3 is 20.5 Å². The Bertz CT molecular complexity index is 682. The van der Waals surface area contributed by atoms with Crippen molar-refractivity contribution in [2.45, 2.75) is 38.7 Å². The van der Waals surface area contributed by atoms with Gasteiger partial charge in [0.2, 0.25) is 0 Å². The smallest absolute Gasteiger partial charge is 0.191 e. The van der Waals surface area contributed by atoms with Gasteiger partial charge in [-0.05, 0) is 62.3 Å². The van der Waals surface area contributed by atoms with Crippen LogP contribution < -0.4 is 15.4 Å². The molecular weight excluding hydrogens is 358 g/mol. The maximum atomic E-state index is 10.6. The standard InChI is InChI=1S/C21H31N3O2S/c1-4-22-20(24-16-21(2,25)19-9-7-15-27-19)23-14-6-5-8-17-10-12-18(26-3)13-11-17/h7,9-13,15,25H,4-6,8,14,16H2,1-3H3,(H2,22,23,24). The number of hydrogen-bond acceptors (Lipinski definition) is 4. The Labute approximate surface area is 166 Å². The lowest BCUT2D eigenvalue weighted by Gasteiger charge is -2.20. The Morgan fingerprint density at radius 3 is 2.59 bits per heavy atom. The number of methoxy groups -OCH3 is 1. The summed E-state index contributed by atoms with van der Waals surface area (Å²) in [6.07, 6.45) is 3.20. The van der Waals surface area contributed by atoms with Crippen molar-refractivity contribution in [3.63, 3.8) is 0 Å². The van der Waals surface area contributed by atoms with E-state index in [1.54, 1.807) is 25.4 Å². The highest BCUT2D eigenvalue weighted by Crippen LogP contribution is 2.25. The van der Waals surface area contributed by atoms with Crippen molar-refractivity contribution >= 4 is 17.3 Å². The number of aryl methyl sites for hydroxylation is 1. The van der Waals surface area contributed by atoms with Crippen LogP contribution in [0.2, 0.25) is 0 Å². The number of guanidine groups is 1. The summed E-state index contributed by atoms with van der Waals surface area (Å²) >= 11 is 1.55. The van der Waals surface area contributed by atoms with E-state index in [0.717, 1.165) is 48.9 Å². The highest BCUT2D eigenvalue weighted by atomic mass is 32.1. The number of thiophene rings is 1. The molecule has 1 heterocycles. The Hall–Kier alpha value is -2.05. The van der Waals surface area contributed by atoms with Gasteiger partial charge in [0.05, 0.1) is 13.7 Å². The lowest BCUT2D eigenvalue weighted by molar-refractivity contribution is 0.0711. The van der Waals surface area contributed by atoms with Gasteiger partial charge in [0.25, 0.3) is 0 Å². The van der Waals surface area contributed by atoms with Crippen molar-refractivity contribution in [1.29, 1.82) is 0 Å². The fraction of sp³-hybridized carbons (Fsp3) is 0.476. The molecule has 5 nitrogen and oxygen atoms in total. The van der Waals surface area contributed by atoms with E-state index in [4.69, 9.17) is 4.74 Å². The molecule has 6 heteroatoms. The molecule has 1 atom stereocenters. The third-order valence-corrected chi connectivity index (χ3v) is 5.41. The summed E-state index contributed by atoms with van der Waals surface area (Å²) in [6, 6.07) is 12.1. The minimum absolute atomic E-state index is 0.328. The number of hydrogen-bond donors (Lipinski definition) is 3. The number of ether oxygens (including phenoxy) is 1. The Morgan fingerprint density at radius 1 is 1.19 bits per heavy atom. The van der Waals surface area contributed by atoms with E-state index >= 15 is 0 Å². The van der Waals surface area contributed by atoms with Gasteiger partial charge in [-0.1, -0.05) is 18.2 Å². The van der Waals surface area contributed by atoms with Gasteiger partial charge in [0.15, 0.2) is 5.96 Å². The number of nitrogens with zero attached hydrogens (tertiary/aromatic N) is 1. The van der Waals surface area contributed by atoms with Crippen LogP contribution in [0.25, 0.3) is 0 Å². The van der Waals surface area contributed by atoms with Gasteiger partial charge >= 0.3 is 0 Å². The first-order chi connectivity index (χ1) is 13.0. The van der Waals surface area contributed by atoms with Crippen molar-refractivity contribution in [2.75, 3.05) is 26.7 Å². The Morgan fingerprint density at radius 2 is 1.96 bits per heavy atom. The molecule has 0 aliphatic carbocycles. The fourth-order valence-electron chi connectivity index (χ4n) is 2.69. The first kappa shape index (κ1) is 21.3. The van der Waals surface area contributed by atoms with Crippen LogP contribution in [-0.2, 0) is 12.0 Å². The highest BCUT2D eigenvalue weighted by molar-refractivity contribution is 7.10. The van der Waals surface area contributed by atoms with Crippen LogP contribution in [0.4, 0.5) is 0 Å². The maximum absolute atomic E-state index is 10.6. The summed E-state index contributed by atoms with van der Waals surface area (Å²) in [7, 11) is 1.68. The SMILES string of the molecule is CCNC(=NCC(C)(O)c1cccs1)NCCCCc1ccc(OC)cc1. The molecule has 27 heavy (non-hydrogen) atoms. The van der Waals surface area contributed by atoms with Crippen molar-refractivity contribution in [3.8, 4) is 5.75 Å². The molecule has 2 rings (SSSR count). The van der Waals surface area contributed by atoms with E-state index in [9.17, 15) is 5.11 Å². The number of rotatable bonds is 10. The van der Waals surface area contributed by atoms with Crippen molar-refractivity contribution in [3.05, 3.63) is 52.2 Å². The van der Waals surface area contributed by atoms with Crippen LogP contribution in [0, 0.1) is 0 Å². The molecule has 0 saturated heterocycles. The summed E-state index contributed by atoms with van der Waals surface area (Å²) < 4.78 is 5.18. The number of unbranched alkanes of at least 4 members (excludes halogenated alkanes) is 1. The molecule has 0 bridgehead atoms. The molecular formula is C21H31N3O2S. The molecule has 1 unspecified atom stereocenters. The lowest BCUT2D eigenvalue weighted by Crippen LogP contribution is -2.39. The molecule has 0 aliphatic rings. The van der Waals surface area contributed by atoms with E-state index in [2.05, 4.69) is 27.8 Å². The van der Waals surface area contributed by atoms with Crippen LogP contribution in [-0.4, -0.2) is 37.8 Å². The zero-order valence-electron chi connectivity index (χ0n) is 16.5. The second-order valence-electron chi connectivity index (χ2n) is 6.68. The highest BCUT2D eigenvalue weighted by Gasteiger charge is 2.23. The van der Waals surface area contributed by atoms with Crippen LogP contribution in [0.5, 0.6) is 5.75 Å². The molecule has 0 radical (unpaired) electrons.